The Morgan fingerprint density at radius 1 is 1.23 bits per heavy atom. The molecule has 0 radical (unpaired) electrons. The predicted octanol–water partition coefficient (Wildman–Crippen LogP) is 0.607. The highest BCUT2D eigenvalue weighted by Gasteiger charge is 2.29. The first-order chi connectivity index (χ1) is 10.6. The van der Waals surface area contributed by atoms with Crippen LogP contribution in [0.4, 0.5) is 5.69 Å². The molecule has 1 aliphatic heterocycles. The van der Waals surface area contributed by atoms with Crippen LogP contribution < -0.4 is 5.32 Å². The van der Waals surface area contributed by atoms with Crippen LogP contribution in [0.15, 0.2) is 30.3 Å². The number of carbonyl (C=O) groups is 2. The molecule has 2 atom stereocenters. The largest absolute Gasteiger partial charge is 0.396 e. The van der Waals surface area contributed by atoms with Crippen LogP contribution in [0.25, 0.3) is 0 Å². The number of aliphatic hydroxyl groups is 2. The van der Waals surface area contributed by atoms with Crippen molar-refractivity contribution in [1.29, 1.82) is 0 Å². The molecule has 1 fully saturated rings. The number of amides is 2. The zero-order chi connectivity index (χ0) is 15.9. The minimum absolute atomic E-state index is 0.0668. The fourth-order valence-electron chi connectivity index (χ4n) is 2.54. The van der Waals surface area contributed by atoms with Gasteiger partial charge in [0.2, 0.25) is 11.8 Å². The summed E-state index contributed by atoms with van der Waals surface area (Å²) in [5, 5.41) is 21.6. The number of benzene rings is 1. The van der Waals surface area contributed by atoms with E-state index in [2.05, 4.69) is 5.32 Å². The molecule has 1 aromatic carbocycles. The molecule has 1 heterocycles. The van der Waals surface area contributed by atoms with E-state index in [4.69, 9.17) is 5.11 Å². The summed E-state index contributed by atoms with van der Waals surface area (Å²) in [7, 11) is 0. The first kappa shape index (κ1) is 16.5. The van der Waals surface area contributed by atoms with Crippen LogP contribution in [0.1, 0.15) is 19.3 Å². The number of nitrogens with zero attached hydrogens (tertiary/aromatic N) is 1. The lowest BCUT2D eigenvalue weighted by atomic mass is 9.94. The van der Waals surface area contributed by atoms with Gasteiger partial charge in [0.05, 0.1) is 6.10 Å². The molecule has 1 aliphatic rings. The summed E-state index contributed by atoms with van der Waals surface area (Å²) in [4.78, 5) is 25.4. The highest BCUT2D eigenvalue weighted by atomic mass is 16.3. The number of para-hydroxylation sites is 1. The number of nitrogens with one attached hydrogen (secondary N) is 1. The number of carbonyl (C=O) groups excluding carboxylic acids is 2. The maximum absolute atomic E-state index is 12.1. The standard InChI is InChI=1S/C16H22N2O4/c19-11-12-8-9-18(10-14(12)20)16(22)7-6-15(21)17-13-4-2-1-3-5-13/h1-5,12,14,19-20H,6-11H2,(H,17,21)/t12-,14+/m1/s1. The van der Waals surface area contributed by atoms with Crippen LogP contribution in [-0.2, 0) is 9.59 Å². The van der Waals surface area contributed by atoms with E-state index in [-0.39, 0.29) is 43.7 Å². The number of anilines is 1. The Labute approximate surface area is 129 Å². The Morgan fingerprint density at radius 3 is 2.59 bits per heavy atom. The van der Waals surface area contributed by atoms with Gasteiger partial charge in [0.15, 0.2) is 0 Å². The van der Waals surface area contributed by atoms with E-state index in [0.717, 1.165) is 0 Å². The smallest absolute Gasteiger partial charge is 0.224 e. The quantitative estimate of drug-likeness (QED) is 0.743. The molecule has 0 bridgehead atoms. The number of rotatable bonds is 5. The molecule has 0 saturated carbocycles. The van der Waals surface area contributed by atoms with Crippen molar-refractivity contribution in [3.05, 3.63) is 30.3 Å². The maximum Gasteiger partial charge on any atom is 0.224 e. The van der Waals surface area contributed by atoms with Crippen molar-refractivity contribution in [3.8, 4) is 0 Å². The van der Waals surface area contributed by atoms with Crippen LogP contribution in [0.2, 0.25) is 0 Å². The third-order valence-electron chi connectivity index (χ3n) is 3.93. The fraction of sp³-hybridized carbons (Fsp3) is 0.500. The van der Waals surface area contributed by atoms with Gasteiger partial charge in [0, 0.05) is 44.1 Å². The molecule has 6 heteroatoms. The number of hydrogen-bond donors (Lipinski definition) is 3. The van der Waals surface area contributed by atoms with Crippen molar-refractivity contribution < 1.29 is 19.8 Å². The van der Waals surface area contributed by atoms with Gasteiger partial charge in [0.1, 0.15) is 0 Å². The highest BCUT2D eigenvalue weighted by Crippen LogP contribution is 2.18. The SMILES string of the molecule is O=C(CCC(=O)N1CC[C@H](CO)[C@@H](O)C1)Nc1ccccc1. The second-order valence-corrected chi connectivity index (χ2v) is 5.55. The minimum Gasteiger partial charge on any atom is -0.396 e. The lowest BCUT2D eigenvalue weighted by Gasteiger charge is -2.35. The number of likely N-dealkylation sites (tertiary alicyclic amines) is 1. The molecular weight excluding hydrogens is 284 g/mol. The Bertz CT molecular complexity index is 506. The van der Waals surface area contributed by atoms with Crippen LogP contribution in [0.3, 0.4) is 0 Å². The van der Waals surface area contributed by atoms with Gasteiger partial charge < -0.3 is 20.4 Å². The second kappa shape index (κ2) is 7.91. The predicted molar refractivity (Wildman–Crippen MR) is 82.1 cm³/mol. The number of aliphatic hydroxyl groups excluding tert-OH is 2. The van der Waals surface area contributed by atoms with E-state index < -0.39 is 6.10 Å². The lowest BCUT2D eigenvalue weighted by Crippen LogP contribution is -2.47. The van der Waals surface area contributed by atoms with Gasteiger partial charge in [-0.15, -0.1) is 0 Å². The normalized spacial score (nSPS) is 21.5. The first-order valence-corrected chi connectivity index (χ1v) is 7.51. The van der Waals surface area contributed by atoms with Gasteiger partial charge in [-0.05, 0) is 18.6 Å². The van der Waals surface area contributed by atoms with Crippen molar-refractivity contribution in [1.82, 2.24) is 4.90 Å². The molecule has 1 saturated heterocycles. The second-order valence-electron chi connectivity index (χ2n) is 5.55. The molecule has 3 N–H and O–H groups in total. The molecule has 2 rings (SSSR count). The molecule has 1 aromatic rings. The van der Waals surface area contributed by atoms with Crippen molar-refractivity contribution in [3.63, 3.8) is 0 Å². The number of hydrogen-bond acceptors (Lipinski definition) is 4. The van der Waals surface area contributed by atoms with Crippen LogP contribution >= 0.6 is 0 Å². The van der Waals surface area contributed by atoms with Gasteiger partial charge in [-0.3, -0.25) is 9.59 Å². The number of piperidine rings is 1. The van der Waals surface area contributed by atoms with E-state index in [0.29, 0.717) is 18.7 Å². The molecule has 120 valence electrons. The van der Waals surface area contributed by atoms with Gasteiger partial charge >= 0.3 is 0 Å². The molecule has 0 aromatic heterocycles. The summed E-state index contributed by atoms with van der Waals surface area (Å²) in [6, 6.07) is 9.09. The third kappa shape index (κ3) is 4.54. The van der Waals surface area contributed by atoms with Crippen molar-refractivity contribution in [2.24, 2.45) is 5.92 Å². The average Bonchev–Trinajstić information content (AvgIpc) is 2.53. The Balaban J connectivity index is 1.75. The van der Waals surface area contributed by atoms with E-state index in [1.165, 1.54) is 0 Å². The van der Waals surface area contributed by atoms with Crippen LogP contribution in [-0.4, -0.2) is 52.7 Å². The summed E-state index contributed by atoms with van der Waals surface area (Å²) in [5.74, 6) is -0.505. The molecule has 0 unspecified atom stereocenters. The Morgan fingerprint density at radius 2 is 1.95 bits per heavy atom. The molecule has 22 heavy (non-hydrogen) atoms. The summed E-state index contributed by atoms with van der Waals surface area (Å²) in [6.45, 7) is 0.675. The fourth-order valence-corrected chi connectivity index (χ4v) is 2.54. The van der Waals surface area contributed by atoms with Crippen molar-refractivity contribution in [2.45, 2.75) is 25.4 Å². The van der Waals surface area contributed by atoms with Gasteiger partial charge in [-0.1, -0.05) is 18.2 Å². The molecule has 0 spiro atoms. The molecule has 6 nitrogen and oxygen atoms in total. The Hall–Kier alpha value is -1.92. The summed E-state index contributed by atoms with van der Waals surface area (Å²) >= 11 is 0. The van der Waals surface area contributed by atoms with E-state index in [9.17, 15) is 14.7 Å². The topological polar surface area (TPSA) is 89.9 Å². The van der Waals surface area contributed by atoms with E-state index >= 15 is 0 Å². The van der Waals surface area contributed by atoms with E-state index in [1.807, 2.05) is 18.2 Å². The monoisotopic (exact) mass is 306 g/mol. The van der Waals surface area contributed by atoms with E-state index in [1.54, 1.807) is 17.0 Å². The van der Waals surface area contributed by atoms with Crippen molar-refractivity contribution >= 4 is 17.5 Å². The Kier molecular flexibility index (Phi) is 5.91. The number of β-amino-alcohol motifs (C(OH)–C–C–N with tert-alkyl or cyclic N) is 1. The molecule has 0 aliphatic carbocycles. The lowest BCUT2D eigenvalue weighted by molar-refractivity contribution is -0.137. The minimum atomic E-state index is -0.694. The maximum atomic E-state index is 12.1. The van der Waals surface area contributed by atoms with Crippen molar-refractivity contribution in [2.75, 3.05) is 25.0 Å². The average molecular weight is 306 g/mol. The van der Waals surface area contributed by atoms with Crippen LogP contribution in [0, 0.1) is 5.92 Å². The van der Waals surface area contributed by atoms with Gasteiger partial charge in [-0.25, -0.2) is 0 Å². The summed E-state index contributed by atoms with van der Waals surface area (Å²) < 4.78 is 0. The third-order valence-corrected chi connectivity index (χ3v) is 3.93. The first-order valence-electron chi connectivity index (χ1n) is 7.51. The van der Waals surface area contributed by atoms with Crippen LogP contribution in [0.5, 0.6) is 0 Å². The molecule has 2 amide bonds. The summed E-state index contributed by atoms with van der Waals surface area (Å²) in [6.07, 6.45) is 0.124. The molecular formula is C16H22N2O4. The zero-order valence-corrected chi connectivity index (χ0v) is 12.4. The summed E-state index contributed by atoms with van der Waals surface area (Å²) in [5.41, 5.74) is 0.708. The van der Waals surface area contributed by atoms with Gasteiger partial charge in [0.25, 0.3) is 0 Å². The van der Waals surface area contributed by atoms with Gasteiger partial charge in [-0.2, -0.15) is 0 Å². The zero-order valence-electron chi connectivity index (χ0n) is 12.4. The highest BCUT2D eigenvalue weighted by molar-refractivity contribution is 5.93.